The first-order valence-corrected chi connectivity index (χ1v) is 9.60. The van der Waals surface area contributed by atoms with Crippen LogP contribution in [0.5, 0.6) is 0 Å². The van der Waals surface area contributed by atoms with Crippen LogP contribution in [0.4, 0.5) is 11.4 Å². The zero-order chi connectivity index (χ0) is 20.4. The lowest BCUT2D eigenvalue weighted by Crippen LogP contribution is -2.17. The van der Waals surface area contributed by atoms with Crippen LogP contribution in [-0.4, -0.2) is 22.0 Å². The molecule has 3 aromatic rings. The quantitative estimate of drug-likeness (QED) is 0.668. The fourth-order valence-corrected chi connectivity index (χ4v) is 3.41. The van der Waals surface area contributed by atoms with Crippen molar-refractivity contribution in [3.63, 3.8) is 0 Å². The summed E-state index contributed by atoms with van der Waals surface area (Å²) in [6.07, 6.45) is -0.0342. The maximum Gasteiger partial charge on any atom is 0.247 e. The molecule has 4 rings (SSSR count). The number of carbonyl (C=O) groups is 2. The van der Waals surface area contributed by atoms with Gasteiger partial charge in [-0.25, -0.2) is 0 Å². The molecule has 2 N–H and O–H groups in total. The molecule has 1 fully saturated rings. The third-order valence-corrected chi connectivity index (χ3v) is 5.34. The Morgan fingerprint density at radius 2 is 1.62 bits per heavy atom. The summed E-state index contributed by atoms with van der Waals surface area (Å²) >= 11 is 0. The van der Waals surface area contributed by atoms with E-state index in [0.717, 1.165) is 5.56 Å². The highest BCUT2D eigenvalue weighted by Gasteiger charge is 2.48. The van der Waals surface area contributed by atoms with Gasteiger partial charge in [-0.2, -0.15) is 0 Å². The van der Waals surface area contributed by atoms with Gasteiger partial charge in [-0.05, 0) is 42.2 Å². The number of nitrogens with zero attached hydrogens (tertiary/aromatic N) is 2. The third kappa shape index (κ3) is 4.34. The molecule has 148 valence electrons. The molecular weight excluding hydrogens is 368 g/mol. The minimum absolute atomic E-state index is 0.0211. The van der Waals surface area contributed by atoms with Gasteiger partial charge in [0.15, 0.2) is 0 Å². The first-order chi connectivity index (χ1) is 14.0. The lowest BCUT2D eigenvalue weighted by atomic mass is 10.2. The first-order valence-electron chi connectivity index (χ1n) is 9.60. The van der Waals surface area contributed by atoms with E-state index in [1.54, 1.807) is 24.3 Å². The van der Waals surface area contributed by atoms with Crippen molar-refractivity contribution in [3.05, 3.63) is 60.5 Å². The molecule has 3 atom stereocenters. The van der Waals surface area contributed by atoms with Gasteiger partial charge in [0.25, 0.3) is 0 Å². The van der Waals surface area contributed by atoms with Crippen molar-refractivity contribution in [2.75, 3.05) is 10.6 Å². The molecule has 1 aliphatic carbocycles. The molecule has 7 nitrogen and oxygen atoms in total. The molecule has 2 aromatic carbocycles. The molecule has 1 unspecified atom stereocenters. The summed E-state index contributed by atoms with van der Waals surface area (Å²) in [4.78, 5) is 24.6. The average Bonchev–Trinajstić information content (AvgIpc) is 3.09. The minimum Gasteiger partial charge on any atom is -0.420 e. The highest BCUT2D eigenvalue weighted by Crippen LogP contribution is 2.45. The van der Waals surface area contributed by atoms with Crippen LogP contribution in [0.25, 0.3) is 11.5 Å². The van der Waals surface area contributed by atoms with Crippen LogP contribution < -0.4 is 10.6 Å². The maximum absolute atomic E-state index is 12.3. The number of aromatic nitrogens is 2. The summed E-state index contributed by atoms with van der Waals surface area (Å²) < 4.78 is 5.57. The smallest absolute Gasteiger partial charge is 0.247 e. The van der Waals surface area contributed by atoms with Crippen LogP contribution in [0.2, 0.25) is 0 Å². The fourth-order valence-electron chi connectivity index (χ4n) is 3.41. The first kappa shape index (κ1) is 18.9. The monoisotopic (exact) mass is 390 g/mol. The lowest BCUT2D eigenvalue weighted by Gasteiger charge is -2.08. The SMILES string of the molecule is C[C@@H]1C(C(=O)Nc2cccc(NC(=O)Cc3nnc(-c4ccccc4)o3)c2)[C@@H]1C. The van der Waals surface area contributed by atoms with E-state index in [4.69, 9.17) is 4.42 Å². The van der Waals surface area contributed by atoms with E-state index >= 15 is 0 Å². The van der Waals surface area contributed by atoms with E-state index in [-0.39, 0.29) is 30.0 Å². The van der Waals surface area contributed by atoms with E-state index in [9.17, 15) is 9.59 Å². The van der Waals surface area contributed by atoms with E-state index in [1.165, 1.54) is 0 Å². The van der Waals surface area contributed by atoms with Crippen LogP contribution in [0, 0.1) is 17.8 Å². The topological polar surface area (TPSA) is 97.1 Å². The summed E-state index contributed by atoms with van der Waals surface area (Å²) in [7, 11) is 0. The van der Waals surface area contributed by atoms with Gasteiger partial charge in [-0.15, -0.1) is 10.2 Å². The van der Waals surface area contributed by atoms with E-state index in [1.807, 2.05) is 30.3 Å². The Balaban J connectivity index is 1.35. The Bertz CT molecular complexity index is 1020. The second-order valence-electron chi connectivity index (χ2n) is 7.41. The largest absolute Gasteiger partial charge is 0.420 e. The van der Waals surface area contributed by atoms with E-state index in [0.29, 0.717) is 29.1 Å². The second kappa shape index (κ2) is 7.87. The molecule has 1 aromatic heterocycles. The number of rotatable bonds is 6. The zero-order valence-electron chi connectivity index (χ0n) is 16.3. The van der Waals surface area contributed by atoms with Crippen LogP contribution in [-0.2, 0) is 16.0 Å². The van der Waals surface area contributed by atoms with Crippen molar-refractivity contribution in [1.82, 2.24) is 10.2 Å². The van der Waals surface area contributed by atoms with Crippen LogP contribution in [0.3, 0.4) is 0 Å². The Morgan fingerprint density at radius 3 is 2.31 bits per heavy atom. The highest BCUT2D eigenvalue weighted by molar-refractivity contribution is 5.96. The maximum atomic E-state index is 12.3. The predicted octanol–water partition coefficient (Wildman–Crippen LogP) is 3.76. The van der Waals surface area contributed by atoms with Crippen LogP contribution in [0.15, 0.2) is 59.0 Å². The standard InChI is InChI=1S/C22H22N4O3/c1-13-14(2)20(13)21(28)24-17-10-6-9-16(11-17)23-18(27)12-19-25-26-22(29-19)15-7-4-3-5-8-15/h3-11,13-14,20H,12H2,1-2H3,(H,23,27)(H,24,28)/t13-,14+,20?. The number of carbonyl (C=O) groups excluding carboxylic acids is 2. The van der Waals surface area contributed by atoms with Gasteiger partial charge in [0, 0.05) is 22.9 Å². The van der Waals surface area contributed by atoms with Gasteiger partial charge in [-0.1, -0.05) is 38.1 Å². The molecular formula is C22H22N4O3. The Kier molecular flexibility index (Phi) is 5.12. The summed E-state index contributed by atoms with van der Waals surface area (Å²) in [6.45, 7) is 4.15. The molecule has 7 heteroatoms. The minimum atomic E-state index is -0.277. The molecule has 0 spiro atoms. The van der Waals surface area contributed by atoms with Gasteiger partial charge in [0.05, 0.1) is 0 Å². The summed E-state index contributed by atoms with van der Waals surface area (Å²) in [6, 6.07) is 16.5. The molecule has 29 heavy (non-hydrogen) atoms. The average molecular weight is 390 g/mol. The Hall–Kier alpha value is -3.48. The number of hydrogen-bond donors (Lipinski definition) is 2. The lowest BCUT2D eigenvalue weighted by molar-refractivity contribution is -0.118. The molecule has 0 aliphatic heterocycles. The van der Waals surface area contributed by atoms with E-state index in [2.05, 4.69) is 34.7 Å². The molecule has 1 aliphatic rings. The molecule has 0 bridgehead atoms. The Morgan fingerprint density at radius 1 is 0.931 bits per heavy atom. The van der Waals surface area contributed by atoms with Crippen molar-refractivity contribution in [2.24, 2.45) is 17.8 Å². The van der Waals surface area contributed by atoms with Crippen molar-refractivity contribution < 1.29 is 14.0 Å². The summed E-state index contributed by atoms with van der Waals surface area (Å²) in [5.41, 5.74) is 2.05. The van der Waals surface area contributed by atoms with Crippen molar-refractivity contribution >= 4 is 23.2 Å². The van der Waals surface area contributed by atoms with Crippen molar-refractivity contribution in [1.29, 1.82) is 0 Å². The van der Waals surface area contributed by atoms with Gasteiger partial charge < -0.3 is 15.1 Å². The van der Waals surface area contributed by atoms with Gasteiger partial charge in [0.1, 0.15) is 6.42 Å². The number of benzene rings is 2. The molecule has 0 radical (unpaired) electrons. The van der Waals surface area contributed by atoms with Crippen molar-refractivity contribution in [3.8, 4) is 11.5 Å². The second-order valence-corrected chi connectivity index (χ2v) is 7.41. The highest BCUT2D eigenvalue weighted by atomic mass is 16.4. The number of nitrogens with one attached hydrogen (secondary N) is 2. The van der Waals surface area contributed by atoms with Crippen LogP contribution >= 0.6 is 0 Å². The van der Waals surface area contributed by atoms with E-state index < -0.39 is 0 Å². The number of anilines is 2. The summed E-state index contributed by atoms with van der Waals surface area (Å²) in [5, 5.41) is 13.6. The molecule has 0 saturated heterocycles. The fraction of sp³-hybridized carbons (Fsp3) is 0.273. The Labute approximate surface area is 168 Å². The van der Waals surface area contributed by atoms with Crippen LogP contribution in [0.1, 0.15) is 19.7 Å². The predicted molar refractivity (Wildman–Crippen MR) is 109 cm³/mol. The molecule has 1 heterocycles. The zero-order valence-corrected chi connectivity index (χ0v) is 16.3. The van der Waals surface area contributed by atoms with Crippen molar-refractivity contribution in [2.45, 2.75) is 20.3 Å². The van der Waals surface area contributed by atoms with Gasteiger partial charge >= 0.3 is 0 Å². The summed E-state index contributed by atoms with van der Waals surface area (Å²) in [5.74, 6) is 1.24. The molecule has 1 saturated carbocycles. The number of amides is 2. The molecule has 2 amide bonds. The normalized spacial score (nSPS) is 20.1. The van der Waals surface area contributed by atoms with Gasteiger partial charge in [-0.3, -0.25) is 9.59 Å². The third-order valence-electron chi connectivity index (χ3n) is 5.34. The van der Waals surface area contributed by atoms with Gasteiger partial charge in [0.2, 0.25) is 23.6 Å². The number of hydrogen-bond acceptors (Lipinski definition) is 5.